The third-order valence-corrected chi connectivity index (χ3v) is 14.7. The van der Waals surface area contributed by atoms with E-state index < -0.39 is 0 Å². The summed E-state index contributed by atoms with van der Waals surface area (Å²) in [6.45, 7) is 20.6. The minimum Gasteiger partial charge on any atom is -0.300 e. The van der Waals surface area contributed by atoms with E-state index in [4.69, 9.17) is 0 Å². The zero-order valence-electron chi connectivity index (χ0n) is 24.8. The molecule has 200 valence electrons. The SMILES string of the molecule is CC(=O)CCC[C@H](C)[C@H]1CC[C@]2(C)[C@H]3CC[C@@H]4[C@@]5(C)CCCC(C)(C)[C@@H]5CC[C@@]4(C)[C@]3(C)CC[C@@H]12. The molecule has 0 bridgehead atoms. The maximum absolute atomic E-state index is 11.5. The zero-order chi connectivity index (χ0) is 25.4. The van der Waals surface area contributed by atoms with Gasteiger partial charge in [0.05, 0.1) is 0 Å². The van der Waals surface area contributed by atoms with Gasteiger partial charge in [-0.1, -0.05) is 61.3 Å². The Labute approximate surface area is 218 Å². The molecule has 0 spiro atoms. The quantitative estimate of drug-likeness (QED) is 0.381. The van der Waals surface area contributed by atoms with Crippen LogP contribution in [0.25, 0.3) is 0 Å². The molecule has 0 aromatic rings. The number of rotatable bonds is 5. The number of ketones is 1. The van der Waals surface area contributed by atoms with Crippen molar-refractivity contribution in [2.24, 2.45) is 62.6 Å². The van der Waals surface area contributed by atoms with Crippen LogP contribution >= 0.6 is 0 Å². The lowest BCUT2D eigenvalue weighted by Gasteiger charge is -2.73. The minimum absolute atomic E-state index is 0.372. The van der Waals surface area contributed by atoms with Gasteiger partial charge in [0, 0.05) is 6.42 Å². The van der Waals surface area contributed by atoms with Crippen LogP contribution in [0.4, 0.5) is 0 Å². The second-order valence-electron chi connectivity index (χ2n) is 16.4. The Morgan fingerprint density at radius 2 is 1.37 bits per heavy atom. The van der Waals surface area contributed by atoms with Crippen LogP contribution in [-0.2, 0) is 4.79 Å². The summed E-state index contributed by atoms with van der Waals surface area (Å²) in [4.78, 5) is 11.5. The monoisotopic (exact) mass is 482 g/mol. The van der Waals surface area contributed by atoms with E-state index in [-0.39, 0.29) is 0 Å². The Morgan fingerprint density at radius 3 is 2.03 bits per heavy atom. The summed E-state index contributed by atoms with van der Waals surface area (Å²) in [5.41, 5.74) is 2.68. The Balaban J connectivity index is 1.39. The van der Waals surface area contributed by atoms with Gasteiger partial charge in [0.2, 0.25) is 0 Å². The Bertz CT molecular complexity index is 826. The molecule has 0 unspecified atom stereocenters. The van der Waals surface area contributed by atoms with Crippen molar-refractivity contribution in [2.75, 3.05) is 0 Å². The fraction of sp³-hybridized carbons (Fsp3) is 0.971. The summed E-state index contributed by atoms with van der Waals surface area (Å²) in [5.74, 6) is 5.76. The lowest BCUT2D eigenvalue weighted by atomic mass is 9.32. The van der Waals surface area contributed by atoms with E-state index in [1.54, 1.807) is 6.92 Å². The number of hydrogen-bond acceptors (Lipinski definition) is 1. The van der Waals surface area contributed by atoms with Crippen molar-refractivity contribution in [2.45, 2.75) is 145 Å². The van der Waals surface area contributed by atoms with Crippen LogP contribution in [0.5, 0.6) is 0 Å². The highest BCUT2D eigenvalue weighted by atomic mass is 16.1. The van der Waals surface area contributed by atoms with Gasteiger partial charge in [-0.05, 0) is 140 Å². The molecule has 1 heteroatoms. The topological polar surface area (TPSA) is 17.1 Å². The highest BCUT2D eigenvalue weighted by molar-refractivity contribution is 5.75. The van der Waals surface area contributed by atoms with Gasteiger partial charge in [0.15, 0.2) is 0 Å². The second kappa shape index (κ2) is 8.59. The summed E-state index contributed by atoms with van der Waals surface area (Å²) < 4.78 is 0. The Morgan fingerprint density at radius 1 is 0.743 bits per heavy atom. The van der Waals surface area contributed by atoms with Crippen molar-refractivity contribution >= 4 is 5.78 Å². The predicted octanol–water partition coefficient (Wildman–Crippen LogP) is 9.87. The zero-order valence-corrected chi connectivity index (χ0v) is 24.8. The van der Waals surface area contributed by atoms with Crippen molar-refractivity contribution in [1.29, 1.82) is 0 Å². The molecular weight excluding hydrogens is 424 g/mol. The summed E-state index contributed by atoms with van der Waals surface area (Å²) in [7, 11) is 0. The molecule has 0 N–H and O–H groups in total. The maximum Gasteiger partial charge on any atom is 0.129 e. The molecule has 5 aliphatic rings. The first kappa shape index (κ1) is 26.3. The van der Waals surface area contributed by atoms with E-state index in [1.165, 1.54) is 77.0 Å². The number of carbonyl (C=O) groups is 1. The average Bonchev–Trinajstić information content (AvgIpc) is 3.10. The van der Waals surface area contributed by atoms with Gasteiger partial charge in [-0.2, -0.15) is 0 Å². The number of carbonyl (C=O) groups excluding carboxylic acids is 1. The molecule has 0 aromatic carbocycles. The molecule has 0 aromatic heterocycles. The van der Waals surface area contributed by atoms with Gasteiger partial charge in [0.1, 0.15) is 5.78 Å². The van der Waals surface area contributed by atoms with Gasteiger partial charge in [0.25, 0.3) is 0 Å². The van der Waals surface area contributed by atoms with E-state index in [1.807, 2.05) is 0 Å². The van der Waals surface area contributed by atoms with E-state index in [2.05, 4.69) is 48.5 Å². The van der Waals surface area contributed by atoms with Gasteiger partial charge in [-0.3, -0.25) is 0 Å². The average molecular weight is 483 g/mol. The number of fused-ring (bicyclic) bond motifs is 7. The van der Waals surface area contributed by atoms with Gasteiger partial charge >= 0.3 is 0 Å². The first-order valence-electron chi connectivity index (χ1n) is 15.8. The molecule has 0 amide bonds. The predicted molar refractivity (Wildman–Crippen MR) is 148 cm³/mol. The third-order valence-electron chi connectivity index (χ3n) is 14.7. The molecule has 0 radical (unpaired) electrons. The lowest BCUT2D eigenvalue weighted by molar-refractivity contribution is -0.241. The first-order valence-corrected chi connectivity index (χ1v) is 15.8. The standard InChI is InChI=1S/C34H58O/c1-23(11-9-12-24(2)35)25-15-20-31(5)26(25)16-21-33(7)28(31)13-14-29-32(6)19-10-18-30(3,4)27(32)17-22-34(29,33)8/h23,25-29H,9-22H2,1-8H3/t23-,25+,26-,27-,28+,29+,31-,32-,33+,34+/m0/s1. The number of hydrogen-bond donors (Lipinski definition) is 0. The molecule has 0 heterocycles. The van der Waals surface area contributed by atoms with Crippen molar-refractivity contribution in [3.05, 3.63) is 0 Å². The minimum atomic E-state index is 0.372. The first-order chi connectivity index (χ1) is 16.3. The van der Waals surface area contributed by atoms with Crippen LogP contribution in [-0.4, -0.2) is 5.78 Å². The molecule has 5 aliphatic carbocycles. The normalized spacial score (nSPS) is 51.5. The Hall–Kier alpha value is -0.330. The van der Waals surface area contributed by atoms with Gasteiger partial charge in [-0.25, -0.2) is 0 Å². The van der Waals surface area contributed by atoms with E-state index >= 15 is 0 Å². The molecule has 0 saturated heterocycles. The van der Waals surface area contributed by atoms with Crippen molar-refractivity contribution in [3.63, 3.8) is 0 Å². The summed E-state index contributed by atoms with van der Waals surface area (Å²) in [6.07, 6.45) is 19.4. The highest BCUT2D eigenvalue weighted by Gasteiger charge is 2.70. The van der Waals surface area contributed by atoms with Gasteiger partial charge < -0.3 is 4.79 Å². The summed E-state index contributed by atoms with van der Waals surface area (Å²) >= 11 is 0. The van der Waals surface area contributed by atoms with Crippen LogP contribution in [0.1, 0.15) is 145 Å². The fourth-order valence-corrected chi connectivity index (χ4v) is 12.9. The van der Waals surface area contributed by atoms with E-state index in [0.29, 0.717) is 32.9 Å². The molecule has 5 rings (SSSR count). The van der Waals surface area contributed by atoms with Crippen molar-refractivity contribution < 1.29 is 4.79 Å². The molecule has 1 nitrogen and oxygen atoms in total. The molecule has 5 fully saturated rings. The summed E-state index contributed by atoms with van der Waals surface area (Å²) in [6, 6.07) is 0. The number of Topliss-reactive ketones (excluding diaryl/α,β-unsaturated/α-hetero) is 1. The molecular formula is C34H58O. The van der Waals surface area contributed by atoms with Crippen LogP contribution in [0, 0.1) is 62.6 Å². The maximum atomic E-state index is 11.5. The summed E-state index contributed by atoms with van der Waals surface area (Å²) in [5, 5.41) is 0. The van der Waals surface area contributed by atoms with Crippen molar-refractivity contribution in [3.8, 4) is 0 Å². The van der Waals surface area contributed by atoms with E-state index in [0.717, 1.165) is 48.3 Å². The van der Waals surface area contributed by atoms with Crippen LogP contribution in [0.2, 0.25) is 0 Å². The Kier molecular flexibility index (Phi) is 6.45. The smallest absolute Gasteiger partial charge is 0.129 e. The van der Waals surface area contributed by atoms with E-state index in [9.17, 15) is 4.79 Å². The molecule has 10 atom stereocenters. The largest absolute Gasteiger partial charge is 0.300 e. The van der Waals surface area contributed by atoms with Crippen molar-refractivity contribution in [1.82, 2.24) is 0 Å². The molecule has 0 aliphatic heterocycles. The van der Waals surface area contributed by atoms with Gasteiger partial charge in [-0.15, -0.1) is 0 Å². The van der Waals surface area contributed by atoms with Crippen LogP contribution in [0.3, 0.4) is 0 Å². The van der Waals surface area contributed by atoms with Crippen LogP contribution < -0.4 is 0 Å². The second-order valence-corrected chi connectivity index (χ2v) is 16.4. The molecule has 5 saturated carbocycles. The third kappa shape index (κ3) is 3.69. The highest BCUT2D eigenvalue weighted by Crippen LogP contribution is 2.78. The fourth-order valence-electron chi connectivity index (χ4n) is 12.9. The van der Waals surface area contributed by atoms with Crippen LogP contribution in [0.15, 0.2) is 0 Å². The molecule has 35 heavy (non-hydrogen) atoms. The lowest BCUT2D eigenvalue weighted by Crippen LogP contribution is -2.65.